The summed E-state index contributed by atoms with van der Waals surface area (Å²) in [6, 6.07) is 0. The first-order chi connectivity index (χ1) is 7.08. The molecule has 1 aliphatic rings. The van der Waals surface area contributed by atoms with Crippen molar-refractivity contribution in [3.05, 3.63) is 0 Å². The van der Waals surface area contributed by atoms with Crippen LogP contribution < -0.4 is 5.32 Å². The van der Waals surface area contributed by atoms with E-state index in [-0.39, 0.29) is 5.60 Å². The summed E-state index contributed by atoms with van der Waals surface area (Å²) >= 11 is 0. The highest BCUT2D eigenvalue weighted by molar-refractivity contribution is 4.67. The summed E-state index contributed by atoms with van der Waals surface area (Å²) in [6.07, 6.45) is 0. The van der Waals surface area contributed by atoms with Gasteiger partial charge in [-0.2, -0.15) is 0 Å². The Morgan fingerprint density at radius 1 is 1.13 bits per heavy atom. The molecule has 0 unspecified atom stereocenters. The zero-order valence-corrected chi connectivity index (χ0v) is 11.1. The summed E-state index contributed by atoms with van der Waals surface area (Å²) in [6.45, 7) is 16.8. The van der Waals surface area contributed by atoms with Crippen molar-refractivity contribution in [2.45, 2.75) is 40.2 Å². The van der Waals surface area contributed by atoms with Crippen molar-refractivity contribution in [1.82, 2.24) is 10.2 Å². The Morgan fingerprint density at radius 2 is 1.67 bits per heavy atom. The number of nitrogens with one attached hydrogen (secondary N) is 1. The molecule has 0 radical (unpaired) electrons. The van der Waals surface area contributed by atoms with Crippen molar-refractivity contribution in [2.75, 3.05) is 39.3 Å². The van der Waals surface area contributed by atoms with E-state index in [1.54, 1.807) is 0 Å². The molecule has 1 aliphatic heterocycles. The van der Waals surface area contributed by atoms with Gasteiger partial charge in [0.2, 0.25) is 0 Å². The van der Waals surface area contributed by atoms with E-state index in [0.29, 0.717) is 0 Å². The second kappa shape index (κ2) is 8.08. The molecular weight excluding hydrogens is 188 g/mol. The van der Waals surface area contributed by atoms with E-state index >= 15 is 0 Å². The number of nitrogens with zero attached hydrogens (tertiary/aromatic N) is 1. The maximum absolute atomic E-state index is 5.67. The van der Waals surface area contributed by atoms with Crippen LogP contribution in [0.1, 0.15) is 34.6 Å². The van der Waals surface area contributed by atoms with Gasteiger partial charge in [0.15, 0.2) is 0 Å². The van der Waals surface area contributed by atoms with Crippen molar-refractivity contribution in [3.63, 3.8) is 0 Å². The van der Waals surface area contributed by atoms with Crippen molar-refractivity contribution >= 4 is 0 Å². The summed E-state index contributed by atoms with van der Waals surface area (Å²) < 4.78 is 5.67. The Kier molecular flexibility index (Phi) is 8.02. The van der Waals surface area contributed by atoms with E-state index in [9.17, 15) is 0 Å². The number of hydrogen-bond donors (Lipinski definition) is 1. The standard InChI is InChI=1S/C10H22N2O.C2H6/c1-10(2,3)13-9-8-12-6-4-11-5-7-12;1-2/h11H,4-9H2,1-3H3;1-2H3. The summed E-state index contributed by atoms with van der Waals surface area (Å²) in [5.74, 6) is 0. The maximum Gasteiger partial charge on any atom is 0.0600 e. The van der Waals surface area contributed by atoms with E-state index < -0.39 is 0 Å². The van der Waals surface area contributed by atoms with Crippen LogP contribution in [0.4, 0.5) is 0 Å². The van der Waals surface area contributed by atoms with Gasteiger partial charge < -0.3 is 10.1 Å². The quantitative estimate of drug-likeness (QED) is 0.777. The van der Waals surface area contributed by atoms with E-state index in [2.05, 4.69) is 31.0 Å². The highest BCUT2D eigenvalue weighted by atomic mass is 16.5. The average Bonchev–Trinajstić information content (AvgIpc) is 2.20. The molecule has 3 heteroatoms. The van der Waals surface area contributed by atoms with Crippen molar-refractivity contribution in [1.29, 1.82) is 0 Å². The molecule has 0 aromatic carbocycles. The van der Waals surface area contributed by atoms with Gasteiger partial charge in [-0.05, 0) is 20.8 Å². The second-order valence-corrected chi connectivity index (χ2v) is 4.55. The Hall–Kier alpha value is -0.120. The van der Waals surface area contributed by atoms with Gasteiger partial charge in [-0.15, -0.1) is 0 Å². The van der Waals surface area contributed by atoms with E-state index in [1.807, 2.05) is 13.8 Å². The summed E-state index contributed by atoms with van der Waals surface area (Å²) in [7, 11) is 0. The van der Waals surface area contributed by atoms with Gasteiger partial charge in [0, 0.05) is 32.7 Å². The molecule has 1 fully saturated rings. The zero-order chi connectivity index (χ0) is 11.7. The highest BCUT2D eigenvalue weighted by Gasteiger charge is 2.12. The maximum atomic E-state index is 5.67. The summed E-state index contributed by atoms with van der Waals surface area (Å²) in [5.41, 5.74) is 0.00797. The lowest BCUT2D eigenvalue weighted by atomic mass is 10.2. The molecular formula is C12H28N2O. The molecule has 0 aromatic rings. The summed E-state index contributed by atoms with van der Waals surface area (Å²) in [5, 5.41) is 3.34. The molecule has 3 nitrogen and oxygen atoms in total. The molecule has 1 heterocycles. The van der Waals surface area contributed by atoms with Crippen molar-refractivity contribution in [2.24, 2.45) is 0 Å². The van der Waals surface area contributed by atoms with Gasteiger partial charge in [0.05, 0.1) is 12.2 Å². The fourth-order valence-corrected chi connectivity index (χ4v) is 1.42. The minimum Gasteiger partial charge on any atom is -0.375 e. The van der Waals surface area contributed by atoms with Crippen LogP contribution >= 0.6 is 0 Å². The third kappa shape index (κ3) is 8.85. The third-order valence-corrected chi connectivity index (χ3v) is 2.15. The smallest absolute Gasteiger partial charge is 0.0600 e. The van der Waals surface area contributed by atoms with Crippen LogP contribution in [-0.4, -0.2) is 49.8 Å². The first kappa shape index (κ1) is 14.9. The number of hydrogen-bond acceptors (Lipinski definition) is 3. The Labute approximate surface area is 95.2 Å². The predicted octanol–water partition coefficient (Wildman–Crippen LogP) is 1.73. The van der Waals surface area contributed by atoms with Crippen LogP contribution in [0.15, 0.2) is 0 Å². The lowest BCUT2D eigenvalue weighted by Crippen LogP contribution is -2.45. The van der Waals surface area contributed by atoms with Gasteiger partial charge in [0.1, 0.15) is 0 Å². The van der Waals surface area contributed by atoms with Gasteiger partial charge in [-0.3, -0.25) is 4.90 Å². The number of ether oxygens (including phenoxy) is 1. The number of piperazine rings is 1. The van der Waals surface area contributed by atoms with Crippen LogP contribution in [0.5, 0.6) is 0 Å². The van der Waals surface area contributed by atoms with Crippen molar-refractivity contribution < 1.29 is 4.74 Å². The van der Waals surface area contributed by atoms with E-state index in [4.69, 9.17) is 4.74 Å². The minimum absolute atomic E-state index is 0.00797. The van der Waals surface area contributed by atoms with E-state index in [0.717, 1.165) is 39.3 Å². The van der Waals surface area contributed by atoms with Gasteiger partial charge >= 0.3 is 0 Å². The number of rotatable bonds is 3. The molecule has 1 saturated heterocycles. The fourth-order valence-electron chi connectivity index (χ4n) is 1.42. The van der Waals surface area contributed by atoms with Crippen molar-refractivity contribution in [3.8, 4) is 0 Å². The summed E-state index contributed by atoms with van der Waals surface area (Å²) in [4.78, 5) is 2.45. The Bertz CT molecular complexity index is 137. The largest absolute Gasteiger partial charge is 0.375 e. The lowest BCUT2D eigenvalue weighted by molar-refractivity contribution is -0.0140. The predicted molar refractivity (Wildman–Crippen MR) is 66.4 cm³/mol. The molecule has 15 heavy (non-hydrogen) atoms. The molecule has 0 amide bonds. The van der Waals surface area contributed by atoms with Crippen LogP contribution in [0.2, 0.25) is 0 Å². The van der Waals surface area contributed by atoms with E-state index in [1.165, 1.54) is 0 Å². The highest BCUT2D eigenvalue weighted by Crippen LogP contribution is 2.06. The molecule has 0 spiro atoms. The molecule has 0 atom stereocenters. The van der Waals surface area contributed by atoms with Crippen LogP contribution in [0, 0.1) is 0 Å². The molecule has 92 valence electrons. The van der Waals surface area contributed by atoms with Crippen LogP contribution in [-0.2, 0) is 4.74 Å². The molecule has 0 bridgehead atoms. The molecule has 0 aromatic heterocycles. The molecule has 1 rings (SSSR count). The first-order valence-corrected chi connectivity index (χ1v) is 6.15. The zero-order valence-electron chi connectivity index (χ0n) is 11.1. The second-order valence-electron chi connectivity index (χ2n) is 4.55. The average molecular weight is 216 g/mol. The van der Waals surface area contributed by atoms with Crippen LogP contribution in [0.3, 0.4) is 0 Å². The normalized spacial score (nSPS) is 18.2. The minimum atomic E-state index is 0.00797. The monoisotopic (exact) mass is 216 g/mol. The van der Waals surface area contributed by atoms with Gasteiger partial charge in [0.25, 0.3) is 0 Å². The fraction of sp³-hybridized carbons (Fsp3) is 1.00. The molecule has 0 aliphatic carbocycles. The topological polar surface area (TPSA) is 24.5 Å². The molecule has 0 saturated carbocycles. The first-order valence-electron chi connectivity index (χ1n) is 6.15. The SMILES string of the molecule is CC.CC(C)(C)OCCN1CCNCC1. The Morgan fingerprint density at radius 3 is 2.13 bits per heavy atom. The third-order valence-electron chi connectivity index (χ3n) is 2.15. The van der Waals surface area contributed by atoms with Gasteiger partial charge in [-0.1, -0.05) is 13.8 Å². The van der Waals surface area contributed by atoms with Crippen LogP contribution in [0.25, 0.3) is 0 Å². The molecule has 1 N–H and O–H groups in total. The Balaban J connectivity index is 0.000000921. The van der Waals surface area contributed by atoms with Gasteiger partial charge in [-0.25, -0.2) is 0 Å². The lowest BCUT2D eigenvalue weighted by Gasteiger charge is -2.28.